The maximum atomic E-state index is 12.9. The maximum Gasteiger partial charge on any atom is 0.255 e. The van der Waals surface area contributed by atoms with Gasteiger partial charge in [-0.3, -0.25) is 19.5 Å². The first kappa shape index (κ1) is 26.9. The molecule has 6 nitrogen and oxygen atoms in total. The second kappa shape index (κ2) is 12.4. The number of aromatic nitrogens is 1. The first-order valence-electron chi connectivity index (χ1n) is 13.5. The largest absolute Gasteiger partial charge is 0.356 e. The summed E-state index contributed by atoms with van der Waals surface area (Å²) in [6.07, 6.45) is 4.65. The van der Waals surface area contributed by atoms with E-state index < -0.39 is 0 Å². The molecule has 2 amide bonds. The summed E-state index contributed by atoms with van der Waals surface area (Å²) in [5.74, 6) is 0.471. The molecule has 0 aliphatic carbocycles. The molecule has 1 fully saturated rings. The van der Waals surface area contributed by atoms with E-state index in [1.165, 1.54) is 5.56 Å². The van der Waals surface area contributed by atoms with Crippen LogP contribution in [-0.2, 0) is 11.3 Å². The van der Waals surface area contributed by atoms with Crippen molar-refractivity contribution < 1.29 is 9.59 Å². The Morgan fingerprint density at radius 1 is 0.949 bits per heavy atom. The highest BCUT2D eigenvalue weighted by Crippen LogP contribution is 2.25. The molecule has 0 spiro atoms. The first-order chi connectivity index (χ1) is 19.0. The highest BCUT2D eigenvalue weighted by atomic mass is 35.5. The van der Waals surface area contributed by atoms with Crippen LogP contribution in [0.2, 0.25) is 5.02 Å². The zero-order valence-corrected chi connectivity index (χ0v) is 22.9. The lowest BCUT2D eigenvalue weighted by Gasteiger charge is -2.31. The van der Waals surface area contributed by atoms with E-state index in [1.807, 2.05) is 79.9 Å². The van der Waals surface area contributed by atoms with Crippen LogP contribution >= 0.6 is 11.6 Å². The van der Waals surface area contributed by atoms with Gasteiger partial charge in [0.2, 0.25) is 5.91 Å². The van der Waals surface area contributed by atoms with Crippen LogP contribution in [0.4, 0.5) is 5.69 Å². The Bertz CT molecular complexity index is 1450. The molecular formula is C32H33ClN4O2. The van der Waals surface area contributed by atoms with Crippen molar-refractivity contribution in [3.8, 4) is 11.1 Å². The molecule has 0 unspecified atom stereocenters. The van der Waals surface area contributed by atoms with Gasteiger partial charge in [-0.2, -0.15) is 0 Å². The van der Waals surface area contributed by atoms with E-state index >= 15 is 0 Å². The highest BCUT2D eigenvalue weighted by Gasteiger charge is 2.21. The standard InChI is InChI=1S/C32H33ClN4O2/c1-2-34-31(38)18-22-13-15-37(16-14-22)21-23-17-27-9-12-29(19-30(27)35-20-23)36-32(39)26-5-3-24(4-6-26)25-7-10-28(33)11-8-25/h3-12,17,19-20,22H,2,13-16,18,21H2,1H3,(H,34,38)(H,36,39). The van der Waals surface area contributed by atoms with Gasteiger partial charge in [0, 0.05) is 47.4 Å². The molecule has 200 valence electrons. The number of hydrogen-bond donors (Lipinski definition) is 2. The third-order valence-corrected chi connectivity index (χ3v) is 7.54. The molecule has 2 N–H and O–H groups in total. The number of pyridine rings is 1. The van der Waals surface area contributed by atoms with E-state index in [0.29, 0.717) is 35.2 Å². The van der Waals surface area contributed by atoms with Crippen molar-refractivity contribution in [1.82, 2.24) is 15.2 Å². The number of piperidine rings is 1. The van der Waals surface area contributed by atoms with Gasteiger partial charge in [-0.25, -0.2) is 0 Å². The molecule has 1 aliphatic rings. The molecule has 7 heteroatoms. The molecule has 39 heavy (non-hydrogen) atoms. The van der Waals surface area contributed by atoms with E-state index in [9.17, 15) is 9.59 Å². The van der Waals surface area contributed by atoms with Crippen LogP contribution in [-0.4, -0.2) is 41.3 Å². The SMILES string of the molecule is CCNC(=O)CC1CCN(Cc2cnc3cc(NC(=O)c4ccc(-c5ccc(Cl)cc5)cc4)ccc3c2)CC1. The zero-order valence-electron chi connectivity index (χ0n) is 22.1. The second-order valence-electron chi connectivity index (χ2n) is 10.2. The summed E-state index contributed by atoms with van der Waals surface area (Å²) in [6, 6.07) is 23.2. The van der Waals surface area contributed by atoms with E-state index in [0.717, 1.165) is 54.5 Å². The molecule has 5 rings (SSSR count). The summed E-state index contributed by atoms with van der Waals surface area (Å²) in [4.78, 5) is 31.8. The van der Waals surface area contributed by atoms with Crippen molar-refractivity contribution in [2.45, 2.75) is 32.7 Å². The van der Waals surface area contributed by atoms with Gasteiger partial charge in [0.1, 0.15) is 0 Å². The van der Waals surface area contributed by atoms with Gasteiger partial charge in [0.25, 0.3) is 5.91 Å². The normalized spacial score (nSPS) is 14.3. The van der Waals surface area contributed by atoms with Gasteiger partial charge in [-0.15, -0.1) is 0 Å². The van der Waals surface area contributed by atoms with E-state index in [2.05, 4.69) is 26.6 Å². The van der Waals surface area contributed by atoms with Crippen molar-refractivity contribution >= 4 is 40.0 Å². The highest BCUT2D eigenvalue weighted by molar-refractivity contribution is 6.30. The maximum absolute atomic E-state index is 12.9. The molecule has 1 aromatic heterocycles. The fourth-order valence-corrected chi connectivity index (χ4v) is 5.26. The van der Waals surface area contributed by atoms with Crippen molar-refractivity contribution in [3.63, 3.8) is 0 Å². The molecule has 0 atom stereocenters. The number of benzene rings is 3. The number of carbonyl (C=O) groups is 2. The fourth-order valence-electron chi connectivity index (χ4n) is 5.13. The number of amides is 2. The summed E-state index contributed by atoms with van der Waals surface area (Å²) in [5, 5.41) is 7.64. The van der Waals surface area contributed by atoms with Crippen molar-refractivity contribution in [3.05, 3.63) is 95.1 Å². The Labute approximate surface area is 234 Å². The van der Waals surface area contributed by atoms with Crippen LogP contribution in [0, 0.1) is 5.92 Å². The van der Waals surface area contributed by atoms with Gasteiger partial charge < -0.3 is 10.6 Å². The molecule has 0 saturated carbocycles. The Hall–Kier alpha value is -3.74. The minimum Gasteiger partial charge on any atom is -0.356 e. The minimum absolute atomic E-state index is 0.163. The fraction of sp³-hybridized carbons (Fsp3) is 0.281. The van der Waals surface area contributed by atoms with E-state index in [1.54, 1.807) is 0 Å². The minimum atomic E-state index is -0.163. The number of carbonyl (C=O) groups excluding carboxylic acids is 2. The van der Waals surface area contributed by atoms with Crippen LogP contribution in [0.1, 0.15) is 42.1 Å². The third kappa shape index (κ3) is 7.02. The number of fused-ring (bicyclic) bond motifs is 1. The van der Waals surface area contributed by atoms with Crippen LogP contribution in [0.25, 0.3) is 22.0 Å². The quantitative estimate of drug-likeness (QED) is 0.266. The monoisotopic (exact) mass is 540 g/mol. The lowest BCUT2D eigenvalue weighted by molar-refractivity contribution is -0.122. The van der Waals surface area contributed by atoms with Crippen molar-refractivity contribution in [2.24, 2.45) is 5.92 Å². The number of rotatable bonds is 8. The lowest BCUT2D eigenvalue weighted by Crippen LogP contribution is -2.35. The number of nitrogens with zero attached hydrogens (tertiary/aromatic N) is 2. The predicted octanol–water partition coefficient (Wildman–Crippen LogP) is 6.55. The Morgan fingerprint density at radius 3 is 2.33 bits per heavy atom. The Morgan fingerprint density at radius 2 is 1.64 bits per heavy atom. The van der Waals surface area contributed by atoms with Gasteiger partial charge in [0.05, 0.1) is 5.52 Å². The van der Waals surface area contributed by atoms with Gasteiger partial charge in [-0.1, -0.05) is 41.9 Å². The second-order valence-corrected chi connectivity index (χ2v) is 10.6. The molecule has 0 bridgehead atoms. The Kier molecular flexibility index (Phi) is 8.54. The van der Waals surface area contributed by atoms with Crippen LogP contribution in [0.5, 0.6) is 0 Å². The molecule has 2 heterocycles. The van der Waals surface area contributed by atoms with Gasteiger partial charge >= 0.3 is 0 Å². The average molecular weight is 541 g/mol. The predicted molar refractivity (Wildman–Crippen MR) is 158 cm³/mol. The number of hydrogen-bond acceptors (Lipinski definition) is 4. The summed E-state index contributed by atoms with van der Waals surface area (Å²) in [7, 11) is 0. The number of anilines is 1. The first-order valence-corrected chi connectivity index (χ1v) is 13.9. The van der Waals surface area contributed by atoms with Crippen LogP contribution in [0.3, 0.4) is 0 Å². The topological polar surface area (TPSA) is 74.3 Å². The summed E-state index contributed by atoms with van der Waals surface area (Å²) >= 11 is 5.98. The molecule has 1 aliphatic heterocycles. The summed E-state index contributed by atoms with van der Waals surface area (Å²) in [6.45, 7) is 5.49. The van der Waals surface area contributed by atoms with Crippen LogP contribution < -0.4 is 10.6 Å². The smallest absolute Gasteiger partial charge is 0.255 e. The average Bonchev–Trinajstić information content (AvgIpc) is 2.95. The number of likely N-dealkylation sites (tertiary alicyclic amines) is 1. The zero-order chi connectivity index (χ0) is 27.2. The molecule has 0 radical (unpaired) electrons. The molecule has 4 aromatic rings. The molecule has 1 saturated heterocycles. The van der Waals surface area contributed by atoms with Crippen LogP contribution in [0.15, 0.2) is 79.0 Å². The third-order valence-electron chi connectivity index (χ3n) is 7.28. The number of halogens is 1. The van der Waals surface area contributed by atoms with Crippen molar-refractivity contribution in [1.29, 1.82) is 0 Å². The summed E-state index contributed by atoms with van der Waals surface area (Å²) in [5.41, 5.74) is 5.39. The molecular weight excluding hydrogens is 508 g/mol. The van der Waals surface area contributed by atoms with E-state index in [-0.39, 0.29) is 11.8 Å². The van der Waals surface area contributed by atoms with Crippen molar-refractivity contribution in [2.75, 3.05) is 25.0 Å². The van der Waals surface area contributed by atoms with Gasteiger partial charge in [0.15, 0.2) is 0 Å². The van der Waals surface area contributed by atoms with E-state index in [4.69, 9.17) is 11.6 Å². The summed E-state index contributed by atoms with van der Waals surface area (Å²) < 4.78 is 0. The number of nitrogens with one attached hydrogen (secondary N) is 2. The van der Waals surface area contributed by atoms with Gasteiger partial charge in [-0.05, 0) is 97.9 Å². The Balaban J connectivity index is 1.17. The lowest BCUT2D eigenvalue weighted by atomic mass is 9.93. The molecule has 3 aromatic carbocycles.